The first kappa shape index (κ1) is 17.1. The Morgan fingerprint density at radius 2 is 1.89 bits per heavy atom. The second-order valence-electron chi connectivity index (χ2n) is 8.64. The van der Waals surface area contributed by atoms with Crippen LogP contribution in [0, 0.1) is 31.6 Å². The predicted octanol–water partition coefficient (Wildman–Crippen LogP) is 5.95. The quantitative estimate of drug-likeness (QED) is 0.675. The maximum absolute atomic E-state index is 11.9. The first-order valence-electron chi connectivity index (χ1n) is 9.84. The smallest absolute Gasteiger partial charge is 0.337 e. The van der Waals surface area contributed by atoms with Gasteiger partial charge in [0.15, 0.2) is 0 Å². The van der Waals surface area contributed by atoms with Crippen LogP contribution in [0.25, 0.3) is 0 Å². The molecule has 0 unspecified atom stereocenters. The fourth-order valence-electron chi connectivity index (χ4n) is 6.13. The van der Waals surface area contributed by atoms with E-state index in [1.54, 1.807) is 6.07 Å². The number of benzene rings is 2. The molecule has 2 aromatic rings. The van der Waals surface area contributed by atoms with Gasteiger partial charge in [0.25, 0.3) is 0 Å². The molecule has 140 valence electrons. The van der Waals surface area contributed by atoms with Crippen LogP contribution in [0.1, 0.15) is 63.8 Å². The van der Waals surface area contributed by atoms with Crippen LogP contribution in [0.4, 0.5) is 5.69 Å². The molecule has 0 saturated heterocycles. The van der Waals surface area contributed by atoms with Crippen molar-refractivity contribution >= 4 is 23.3 Å². The number of aromatic carboxylic acids is 1. The van der Waals surface area contributed by atoms with E-state index in [-0.39, 0.29) is 6.04 Å². The number of carbonyl (C=O) groups is 1. The van der Waals surface area contributed by atoms with Crippen molar-refractivity contribution in [1.82, 2.24) is 0 Å². The Balaban J connectivity index is 1.72. The molecular weight excluding hydrogens is 358 g/mol. The molecule has 2 N–H and O–H groups in total. The number of halogens is 1. The highest BCUT2D eigenvalue weighted by Gasteiger charge is 2.54. The minimum absolute atomic E-state index is 0.164. The van der Waals surface area contributed by atoms with Crippen LogP contribution in [0.2, 0.25) is 5.02 Å². The number of rotatable bonds is 2. The Labute approximate surface area is 164 Å². The van der Waals surface area contributed by atoms with Gasteiger partial charge in [-0.15, -0.1) is 0 Å². The second kappa shape index (κ2) is 6.00. The molecule has 2 fully saturated rings. The van der Waals surface area contributed by atoms with Crippen molar-refractivity contribution < 1.29 is 9.90 Å². The van der Waals surface area contributed by atoms with Crippen LogP contribution in [-0.4, -0.2) is 11.1 Å². The lowest BCUT2D eigenvalue weighted by molar-refractivity contribution is 0.0697. The van der Waals surface area contributed by atoms with Gasteiger partial charge in [-0.25, -0.2) is 4.79 Å². The second-order valence-corrected chi connectivity index (χ2v) is 9.08. The summed E-state index contributed by atoms with van der Waals surface area (Å²) in [7, 11) is 0. The molecule has 1 aliphatic heterocycles. The number of aryl methyl sites for hydroxylation is 2. The molecule has 2 aromatic carbocycles. The lowest BCUT2D eigenvalue weighted by atomic mass is 9.67. The van der Waals surface area contributed by atoms with E-state index >= 15 is 0 Å². The zero-order valence-corrected chi connectivity index (χ0v) is 16.4. The van der Waals surface area contributed by atoms with E-state index in [2.05, 4.69) is 37.4 Å². The van der Waals surface area contributed by atoms with Crippen LogP contribution in [-0.2, 0) is 0 Å². The number of carboxylic acids is 1. The third kappa shape index (κ3) is 2.51. The molecule has 4 heteroatoms. The highest BCUT2D eigenvalue weighted by atomic mass is 35.5. The number of carboxylic acid groups (broad SMARTS) is 1. The molecule has 0 amide bonds. The lowest BCUT2D eigenvalue weighted by Gasteiger charge is -2.44. The molecular formula is C23H24ClNO2. The van der Waals surface area contributed by atoms with E-state index in [9.17, 15) is 9.90 Å². The normalized spacial score (nSPS) is 30.6. The van der Waals surface area contributed by atoms with Crippen molar-refractivity contribution in [2.24, 2.45) is 17.8 Å². The SMILES string of the molecule is Cc1ccc(C)c([C@H]2Nc3c(C(=O)O)cc(Cl)cc3[C@H]3[C@H]4CC[C@@H](C4)[C@H]32)c1. The topological polar surface area (TPSA) is 49.3 Å². The lowest BCUT2D eigenvalue weighted by Crippen LogP contribution is -2.36. The highest BCUT2D eigenvalue weighted by Crippen LogP contribution is 2.64. The van der Waals surface area contributed by atoms with Crippen LogP contribution in [0.3, 0.4) is 0 Å². The molecule has 2 bridgehead atoms. The minimum atomic E-state index is -0.914. The van der Waals surface area contributed by atoms with E-state index in [0.29, 0.717) is 34.3 Å². The van der Waals surface area contributed by atoms with Crippen LogP contribution >= 0.6 is 11.6 Å². The van der Waals surface area contributed by atoms with Crippen molar-refractivity contribution in [3.8, 4) is 0 Å². The van der Waals surface area contributed by atoms with E-state index in [0.717, 1.165) is 11.3 Å². The molecule has 1 heterocycles. The van der Waals surface area contributed by atoms with E-state index in [4.69, 9.17) is 11.6 Å². The largest absolute Gasteiger partial charge is 0.478 e. The number of fused-ring (bicyclic) bond motifs is 7. The molecule has 0 radical (unpaired) electrons. The monoisotopic (exact) mass is 381 g/mol. The summed E-state index contributed by atoms with van der Waals surface area (Å²) in [5, 5.41) is 14.0. The van der Waals surface area contributed by atoms with Gasteiger partial charge in [-0.3, -0.25) is 0 Å². The van der Waals surface area contributed by atoms with Gasteiger partial charge in [-0.2, -0.15) is 0 Å². The Kier molecular flexibility index (Phi) is 3.80. The molecule has 27 heavy (non-hydrogen) atoms. The summed E-state index contributed by atoms with van der Waals surface area (Å²) in [6, 6.07) is 10.4. The van der Waals surface area contributed by atoms with Gasteiger partial charge < -0.3 is 10.4 Å². The predicted molar refractivity (Wildman–Crippen MR) is 108 cm³/mol. The van der Waals surface area contributed by atoms with Gasteiger partial charge in [0.2, 0.25) is 0 Å². The molecule has 3 nitrogen and oxygen atoms in total. The number of hydrogen-bond acceptors (Lipinski definition) is 2. The summed E-state index contributed by atoms with van der Waals surface area (Å²) in [4.78, 5) is 11.9. The Hall–Kier alpha value is -2.00. The first-order valence-corrected chi connectivity index (χ1v) is 10.2. The molecule has 2 aliphatic carbocycles. The minimum Gasteiger partial charge on any atom is -0.478 e. The highest BCUT2D eigenvalue weighted by molar-refractivity contribution is 6.31. The number of hydrogen-bond donors (Lipinski definition) is 2. The van der Waals surface area contributed by atoms with Gasteiger partial charge in [-0.05, 0) is 85.6 Å². The van der Waals surface area contributed by atoms with Crippen LogP contribution in [0.5, 0.6) is 0 Å². The summed E-state index contributed by atoms with van der Waals surface area (Å²) in [5.41, 5.74) is 6.04. The summed E-state index contributed by atoms with van der Waals surface area (Å²) >= 11 is 6.33. The molecule has 5 rings (SSSR count). The Morgan fingerprint density at radius 1 is 1.11 bits per heavy atom. The third-order valence-electron chi connectivity index (χ3n) is 7.16. The van der Waals surface area contributed by atoms with Crippen molar-refractivity contribution in [2.45, 2.75) is 45.1 Å². The Bertz CT molecular complexity index is 954. The van der Waals surface area contributed by atoms with E-state index in [1.807, 2.05) is 6.07 Å². The maximum atomic E-state index is 11.9. The average Bonchev–Trinajstić information content (AvgIpc) is 3.25. The van der Waals surface area contributed by atoms with Gasteiger partial charge in [0.1, 0.15) is 0 Å². The fourth-order valence-corrected chi connectivity index (χ4v) is 6.36. The van der Waals surface area contributed by atoms with Crippen molar-refractivity contribution in [2.75, 3.05) is 5.32 Å². The van der Waals surface area contributed by atoms with Crippen molar-refractivity contribution in [3.05, 3.63) is 63.2 Å². The van der Waals surface area contributed by atoms with Gasteiger partial charge >= 0.3 is 5.97 Å². The van der Waals surface area contributed by atoms with Gasteiger partial charge in [0.05, 0.1) is 17.3 Å². The molecule has 0 spiro atoms. The number of nitrogens with one attached hydrogen (secondary N) is 1. The summed E-state index contributed by atoms with van der Waals surface area (Å²) in [6.07, 6.45) is 3.79. The van der Waals surface area contributed by atoms with E-state index < -0.39 is 5.97 Å². The van der Waals surface area contributed by atoms with Gasteiger partial charge in [0, 0.05) is 5.02 Å². The van der Waals surface area contributed by atoms with Crippen LogP contribution in [0.15, 0.2) is 30.3 Å². The maximum Gasteiger partial charge on any atom is 0.337 e. The average molecular weight is 382 g/mol. The third-order valence-corrected chi connectivity index (χ3v) is 7.38. The van der Waals surface area contributed by atoms with Crippen LogP contribution < -0.4 is 5.32 Å². The summed E-state index contributed by atoms with van der Waals surface area (Å²) < 4.78 is 0. The van der Waals surface area contributed by atoms with E-state index in [1.165, 1.54) is 36.0 Å². The summed E-state index contributed by atoms with van der Waals surface area (Å²) in [5.74, 6) is 1.35. The van der Waals surface area contributed by atoms with Crippen molar-refractivity contribution in [3.63, 3.8) is 0 Å². The molecule has 3 aliphatic rings. The Morgan fingerprint density at radius 3 is 2.67 bits per heavy atom. The van der Waals surface area contributed by atoms with Gasteiger partial charge in [-0.1, -0.05) is 35.4 Å². The fraction of sp³-hybridized carbons (Fsp3) is 0.435. The van der Waals surface area contributed by atoms with Crippen molar-refractivity contribution in [1.29, 1.82) is 0 Å². The summed E-state index contributed by atoms with van der Waals surface area (Å²) in [6.45, 7) is 4.29. The molecule has 5 atom stereocenters. The zero-order valence-electron chi connectivity index (χ0n) is 15.6. The zero-order chi connectivity index (χ0) is 18.9. The molecule has 0 aromatic heterocycles. The standard InChI is InChI=1S/C23H24ClNO2/c1-11-3-4-12(2)16(7-11)22-20-14-6-5-13(8-14)19(20)17-9-15(24)10-18(23(26)27)21(17)25-22/h3-4,7,9-10,13-14,19-20,22,25H,5-6,8H2,1-2H3,(H,26,27)/t13-,14-,19+,20+,22+/m0/s1. The molecule has 2 saturated carbocycles. The number of anilines is 1. The first-order chi connectivity index (χ1) is 12.9.